The first-order valence-corrected chi connectivity index (χ1v) is 11.6. The van der Waals surface area contributed by atoms with Gasteiger partial charge in [0.1, 0.15) is 11.6 Å². The molecule has 33 heavy (non-hydrogen) atoms. The third-order valence-electron chi connectivity index (χ3n) is 5.41. The second-order valence-electron chi connectivity index (χ2n) is 7.55. The van der Waals surface area contributed by atoms with Crippen molar-refractivity contribution in [2.75, 3.05) is 40.7 Å². The van der Waals surface area contributed by atoms with E-state index in [1.165, 1.54) is 36.4 Å². The van der Waals surface area contributed by atoms with Crippen LogP contribution in [-0.4, -0.2) is 45.7 Å². The summed E-state index contributed by atoms with van der Waals surface area (Å²) in [7, 11) is -4.15. The Morgan fingerprint density at radius 1 is 0.848 bits per heavy atom. The van der Waals surface area contributed by atoms with Gasteiger partial charge in [-0.1, -0.05) is 6.07 Å². The molecular weight excluding hydrogens is 452 g/mol. The number of anilines is 3. The standard InChI is InChI=1S/C23H21F2N3O4S/c24-17-5-7-19(8-6-17)27-10-12-28(13-11-27)22-9-4-16(23(29)30)14-21(22)26-33(31,32)20-3-1-2-18(25)15-20/h1-9,14-15,26H,10-13H2,(H,29,30). The van der Waals surface area contributed by atoms with Crippen LogP contribution in [0.25, 0.3) is 0 Å². The van der Waals surface area contributed by atoms with E-state index in [4.69, 9.17) is 0 Å². The van der Waals surface area contributed by atoms with Crippen molar-refractivity contribution in [3.8, 4) is 0 Å². The Bertz CT molecular complexity index is 1280. The molecule has 0 radical (unpaired) electrons. The lowest BCUT2D eigenvalue weighted by Crippen LogP contribution is -2.46. The first-order valence-electron chi connectivity index (χ1n) is 10.1. The molecule has 3 aromatic rings. The Balaban J connectivity index is 1.60. The van der Waals surface area contributed by atoms with E-state index < -0.39 is 21.8 Å². The molecule has 2 N–H and O–H groups in total. The zero-order valence-electron chi connectivity index (χ0n) is 17.4. The summed E-state index contributed by atoms with van der Waals surface area (Å²) < 4.78 is 54.9. The van der Waals surface area contributed by atoms with Gasteiger partial charge in [0.25, 0.3) is 10.0 Å². The molecule has 1 aliphatic rings. The molecule has 1 saturated heterocycles. The summed E-state index contributed by atoms with van der Waals surface area (Å²) in [4.78, 5) is 15.2. The molecular formula is C23H21F2N3O4S. The molecule has 0 saturated carbocycles. The number of benzene rings is 3. The highest BCUT2D eigenvalue weighted by atomic mass is 32.2. The molecule has 4 rings (SSSR count). The number of rotatable bonds is 6. The lowest BCUT2D eigenvalue weighted by molar-refractivity contribution is 0.0697. The second-order valence-corrected chi connectivity index (χ2v) is 9.23. The first-order chi connectivity index (χ1) is 15.7. The lowest BCUT2D eigenvalue weighted by Gasteiger charge is -2.38. The molecule has 1 heterocycles. The van der Waals surface area contributed by atoms with Crippen LogP contribution in [0.1, 0.15) is 10.4 Å². The van der Waals surface area contributed by atoms with Gasteiger partial charge in [0.2, 0.25) is 0 Å². The Morgan fingerprint density at radius 2 is 1.52 bits per heavy atom. The Hall–Kier alpha value is -3.66. The number of nitrogens with one attached hydrogen (secondary N) is 1. The van der Waals surface area contributed by atoms with Gasteiger partial charge in [-0.3, -0.25) is 4.72 Å². The summed E-state index contributed by atoms with van der Waals surface area (Å²) in [6.07, 6.45) is 0. The van der Waals surface area contributed by atoms with E-state index in [1.54, 1.807) is 18.2 Å². The highest BCUT2D eigenvalue weighted by Gasteiger charge is 2.23. The quantitative estimate of drug-likeness (QED) is 0.566. The minimum Gasteiger partial charge on any atom is -0.478 e. The summed E-state index contributed by atoms with van der Waals surface area (Å²) >= 11 is 0. The Morgan fingerprint density at radius 3 is 2.15 bits per heavy atom. The molecule has 0 bridgehead atoms. The minimum atomic E-state index is -4.15. The van der Waals surface area contributed by atoms with E-state index in [0.717, 1.165) is 17.8 Å². The van der Waals surface area contributed by atoms with Crippen molar-refractivity contribution >= 4 is 33.1 Å². The number of carbonyl (C=O) groups is 1. The fourth-order valence-electron chi connectivity index (χ4n) is 3.72. The molecule has 1 fully saturated rings. The molecule has 0 amide bonds. The summed E-state index contributed by atoms with van der Waals surface area (Å²) in [5.41, 5.74) is 1.40. The topological polar surface area (TPSA) is 89.9 Å². The summed E-state index contributed by atoms with van der Waals surface area (Å²) in [6, 6.07) is 15.0. The number of hydrogen-bond acceptors (Lipinski definition) is 5. The number of sulfonamides is 1. The van der Waals surface area contributed by atoms with Crippen molar-refractivity contribution in [2.24, 2.45) is 0 Å². The van der Waals surface area contributed by atoms with Gasteiger partial charge in [-0.05, 0) is 60.7 Å². The number of carboxylic acid groups (broad SMARTS) is 1. The fraction of sp³-hybridized carbons (Fsp3) is 0.174. The van der Waals surface area contributed by atoms with Crippen molar-refractivity contribution in [1.82, 2.24) is 0 Å². The first kappa shape index (κ1) is 22.5. The van der Waals surface area contributed by atoms with E-state index >= 15 is 0 Å². The van der Waals surface area contributed by atoms with Crippen LogP contribution in [0.5, 0.6) is 0 Å². The van der Waals surface area contributed by atoms with Crippen LogP contribution in [0.2, 0.25) is 0 Å². The van der Waals surface area contributed by atoms with Crippen LogP contribution in [-0.2, 0) is 10.0 Å². The average Bonchev–Trinajstić information content (AvgIpc) is 2.79. The maximum atomic E-state index is 13.6. The number of hydrogen-bond donors (Lipinski definition) is 2. The van der Waals surface area contributed by atoms with Crippen molar-refractivity contribution in [1.29, 1.82) is 0 Å². The predicted octanol–water partition coefficient (Wildman–Crippen LogP) is 3.79. The van der Waals surface area contributed by atoms with Gasteiger partial charge in [0, 0.05) is 31.9 Å². The lowest BCUT2D eigenvalue weighted by atomic mass is 10.1. The molecule has 7 nitrogen and oxygen atoms in total. The van der Waals surface area contributed by atoms with Gasteiger partial charge in [-0.2, -0.15) is 0 Å². The van der Waals surface area contributed by atoms with Crippen LogP contribution in [0.15, 0.2) is 71.6 Å². The highest BCUT2D eigenvalue weighted by Crippen LogP contribution is 2.31. The maximum absolute atomic E-state index is 13.6. The number of halogens is 2. The summed E-state index contributed by atoms with van der Waals surface area (Å²) in [6.45, 7) is 2.25. The smallest absolute Gasteiger partial charge is 0.335 e. The monoisotopic (exact) mass is 473 g/mol. The predicted molar refractivity (Wildman–Crippen MR) is 121 cm³/mol. The van der Waals surface area contributed by atoms with Gasteiger partial charge in [-0.15, -0.1) is 0 Å². The molecule has 1 aliphatic heterocycles. The minimum absolute atomic E-state index is 0.0827. The summed E-state index contributed by atoms with van der Waals surface area (Å²) in [5.74, 6) is -2.21. The molecule has 0 aromatic heterocycles. The van der Waals surface area contributed by atoms with Gasteiger partial charge in [-0.25, -0.2) is 22.0 Å². The third-order valence-corrected chi connectivity index (χ3v) is 6.77. The number of piperazine rings is 1. The van der Waals surface area contributed by atoms with Crippen molar-refractivity contribution < 1.29 is 27.1 Å². The summed E-state index contributed by atoms with van der Waals surface area (Å²) in [5, 5.41) is 9.37. The van der Waals surface area contributed by atoms with Crippen LogP contribution >= 0.6 is 0 Å². The van der Waals surface area contributed by atoms with Crippen LogP contribution in [0, 0.1) is 11.6 Å². The number of nitrogens with zero attached hydrogens (tertiary/aromatic N) is 2. The normalized spacial score (nSPS) is 14.2. The average molecular weight is 474 g/mol. The molecule has 0 aliphatic carbocycles. The third kappa shape index (κ3) is 5.06. The second kappa shape index (κ2) is 9.07. The van der Waals surface area contributed by atoms with Crippen LogP contribution < -0.4 is 14.5 Å². The van der Waals surface area contributed by atoms with E-state index in [2.05, 4.69) is 9.62 Å². The van der Waals surface area contributed by atoms with E-state index in [0.29, 0.717) is 31.9 Å². The zero-order chi connectivity index (χ0) is 23.6. The Kier molecular flexibility index (Phi) is 6.19. The molecule has 0 unspecified atom stereocenters. The van der Waals surface area contributed by atoms with Gasteiger partial charge >= 0.3 is 5.97 Å². The zero-order valence-corrected chi connectivity index (χ0v) is 18.2. The Labute approximate surface area is 189 Å². The van der Waals surface area contributed by atoms with Crippen LogP contribution in [0.3, 0.4) is 0 Å². The van der Waals surface area contributed by atoms with Crippen molar-refractivity contribution in [3.05, 3.63) is 83.9 Å². The molecule has 0 atom stereocenters. The largest absolute Gasteiger partial charge is 0.478 e. The van der Waals surface area contributed by atoms with Crippen LogP contribution in [0.4, 0.5) is 25.8 Å². The van der Waals surface area contributed by atoms with Crippen molar-refractivity contribution in [3.63, 3.8) is 0 Å². The maximum Gasteiger partial charge on any atom is 0.335 e. The van der Waals surface area contributed by atoms with E-state index in [-0.39, 0.29) is 22.0 Å². The molecule has 0 spiro atoms. The molecule has 172 valence electrons. The molecule has 3 aromatic carbocycles. The molecule has 10 heteroatoms. The van der Waals surface area contributed by atoms with Gasteiger partial charge in [0.05, 0.1) is 21.8 Å². The highest BCUT2D eigenvalue weighted by molar-refractivity contribution is 7.92. The van der Waals surface area contributed by atoms with E-state index in [1.807, 2.05) is 4.90 Å². The SMILES string of the molecule is O=C(O)c1ccc(N2CCN(c3ccc(F)cc3)CC2)c(NS(=O)(=O)c2cccc(F)c2)c1. The number of aromatic carboxylic acids is 1. The number of carboxylic acids is 1. The van der Waals surface area contributed by atoms with Gasteiger partial charge < -0.3 is 14.9 Å². The van der Waals surface area contributed by atoms with Crippen molar-refractivity contribution in [2.45, 2.75) is 4.90 Å². The fourth-order valence-corrected chi connectivity index (χ4v) is 4.82. The van der Waals surface area contributed by atoms with E-state index in [9.17, 15) is 27.1 Å². The van der Waals surface area contributed by atoms with Gasteiger partial charge in [0.15, 0.2) is 0 Å².